The number of benzene rings is 2. The van der Waals surface area contributed by atoms with Gasteiger partial charge in [-0.15, -0.1) is 0 Å². The Bertz CT molecular complexity index is 1230. The minimum absolute atomic E-state index is 0.138. The average molecular weight is 511 g/mol. The number of aromatic nitrogens is 1. The van der Waals surface area contributed by atoms with Gasteiger partial charge in [-0.3, -0.25) is 19.6 Å². The number of hydrogen-bond donors (Lipinski definition) is 3. The number of allylic oxidation sites excluding steroid dienone is 2. The second-order valence-corrected chi connectivity index (χ2v) is 8.37. The first-order chi connectivity index (χ1) is 17.4. The monoisotopic (exact) mass is 510 g/mol. The molecule has 0 atom stereocenters. The van der Waals surface area contributed by atoms with E-state index in [-0.39, 0.29) is 22.3 Å². The molecule has 3 rings (SSSR count). The van der Waals surface area contributed by atoms with Gasteiger partial charge in [0.1, 0.15) is 11.3 Å². The van der Waals surface area contributed by atoms with Crippen molar-refractivity contribution in [2.45, 2.75) is 32.6 Å². The number of amides is 1. The van der Waals surface area contributed by atoms with Crippen molar-refractivity contribution in [2.75, 3.05) is 13.1 Å². The molecule has 0 unspecified atom stereocenters. The molecule has 1 heterocycles. The van der Waals surface area contributed by atoms with Crippen molar-refractivity contribution in [2.24, 2.45) is 5.73 Å². The first-order valence-electron chi connectivity index (χ1n) is 11.8. The molecule has 6 nitrogen and oxygen atoms in total. The molecule has 1 aromatic heterocycles. The van der Waals surface area contributed by atoms with E-state index in [0.717, 1.165) is 30.9 Å². The predicted octanol–water partition coefficient (Wildman–Crippen LogP) is 5.13. The van der Waals surface area contributed by atoms with Crippen molar-refractivity contribution < 1.29 is 14.0 Å². The van der Waals surface area contributed by atoms with Crippen molar-refractivity contribution in [3.8, 4) is 0 Å². The lowest BCUT2D eigenvalue weighted by Gasteiger charge is -2.10. The van der Waals surface area contributed by atoms with E-state index in [9.17, 15) is 14.0 Å². The standard InChI is InChI=1S/C18H21N3O.C10H11ClFNO/c19-12-6-4-10-16(14-15-8-2-1-3-9-15)18(22)21-13-7-5-11-17(21)20;1-2-5-13-10(14)8-4-3-7(12)6-9(8)11/h1-3,5,7-11,13,20H,4,6,12,14,19H2;3-4,6H,2,5H2,1H3,(H,13,14)/b16-10+,20-17?;. The molecule has 0 aliphatic rings. The molecule has 2 aromatic carbocycles. The Kier molecular flexibility index (Phi) is 12.3. The van der Waals surface area contributed by atoms with Gasteiger partial charge < -0.3 is 11.1 Å². The fourth-order valence-corrected chi connectivity index (χ4v) is 3.48. The summed E-state index contributed by atoms with van der Waals surface area (Å²) in [4.78, 5) is 24.1. The average Bonchev–Trinajstić information content (AvgIpc) is 2.88. The van der Waals surface area contributed by atoms with Gasteiger partial charge in [-0.25, -0.2) is 4.39 Å². The summed E-state index contributed by atoms with van der Waals surface area (Å²) >= 11 is 5.70. The largest absolute Gasteiger partial charge is 0.352 e. The number of nitrogens with zero attached hydrogens (tertiary/aromatic N) is 1. The quantitative estimate of drug-likeness (QED) is 0.274. The van der Waals surface area contributed by atoms with E-state index in [1.54, 1.807) is 24.4 Å². The van der Waals surface area contributed by atoms with Crippen LogP contribution < -0.4 is 16.5 Å². The number of rotatable bonds is 9. The van der Waals surface area contributed by atoms with Crippen molar-refractivity contribution in [3.63, 3.8) is 0 Å². The van der Waals surface area contributed by atoms with Gasteiger partial charge in [0, 0.05) is 24.7 Å². The number of halogens is 2. The minimum atomic E-state index is -0.443. The Balaban J connectivity index is 0.000000281. The Morgan fingerprint density at radius 3 is 2.47 bits per heavy atom. The van der Waals surface area contributed by atoms with Crippen molar-refractivity contribution >= 4 is 23.4 Å². The zero-order chi connectivity index (χ0) is 26.3. The molecule has 0 radical (unpaired) electrons. The van der Waals surface area contributed by atoms with Gasteiger partial charge in [0.05, 0.1) is 10.6 Å². The van der Waals surface area contributed by atoms with E-state index in [4.69, 9.17) is 22.7 Å². The lowest BCUT2D eigenvalue weighted by molar-refractivity contribution is 0.0941. The zero-order valence-electron chi connectivity index (χ0n) is 20.3. The van der Waals surface area contributed by atoms with E-state index >= 15 is 0 Å². The molecule has 0 aliphatic carbocycles. The number of carbonyl (C=O) groups is 2. The maximum Gasteiger partial charge on any atom is 0.259 e. The van der Waals surface area contributed by atoms with Gasteiger partial charge in [-0.05, 0) is 61.7 Å². The van der Waals surface area contributed by atoms with Gasteiger partial charge in [-0.1, -0.05) is 61.0 Å². The second kappa shape index (κ2) is 15.4. The molecule has 0 fully saturated rings. The first-order valence-corrected chi connectivity index (χ1v) is 12.2. The molecular formula is C28H32ClFN4O2. The van der Waals surface area contributed by atoms with Gasteiger partial charge in [0.15, 0.2) is 0 Å². The number of hydrogen-bond acceptors (Lipinski definition) is 4. The number of nitrogens with one attached hydrogen (secondary N) is 2. The van der Waals surface area contributed by atoms with Crippen LogP contribution in [0.2, 0.25) is 5.02 Å². The molecule has 8 heteroatoms. The number of carbonyl (C=O) groups excluding carboxylic acids is 2. The van der Waals surface area contributed by atoms with E-state index in [1.165, 1.54) is 16.7 Å². The number of unbranched alkanes of at least 4 members (excludes halogenated alkanes) is 1. The molecule has 36 heavy (non-hydrogen) atoms. The van der Waals surface area contributed by atoms with E-state index in [1.807, 2.05) is 43.3 Å². The maximum atomic E-state index is 12.7. The fourth-order valence-electron chi connectivity index (χ4n) is 3.23. The van der Waals surface area contributed by atoms with Gasteiger partial charge in [-0.2, -0.15) is 0 Å². The van der Waals surface area contributed by atoms with Crippen LogP contribution in [0.4, 0.5) is 4.39 Å². The normalized spacial score (nSPS) is 10.8. The van der Waals surface area contributed by atoms with Gasteiger partial charge >= 0.3 is 0 Å². The minimum Gasteiger partial charge on any atom is -0.352 e. The molecule has 0 bridgehead atoms. The summed E-state index contributed by atoms with van der Waals surface area (Å²) in [6.45, 7) is 3.14. The Hall–Kier alpha value is -3.55. The highest BCUT2D eigenvalue weighted by atomic mass is 35.5. The second-order valence-electron chi connectivity index (χ2n) is 7.96. The summed E-state index contributed by atoms with van der Waals surface area (Å²) in [6, 6.07) is 18.7. The summed E-state index contributed by atoms with van der Waals surface area (Å²) in [5, 5.41) is 10.7. The topological polar surface area (TPSA) is 101 Å². The molecule has 4 N–H and O–H groups in total. The predicted molar refractivity (Wildman–Crippen MR) is 141 cm³/mol. The number of nitrogens with two attached hydrogens (primary N) is 1. The Morgan fingerprint density at radius 1 is 1.11 bits per heavy atom. The maximum absolute atomic E-state index is 12.7. The summed E-state index contributed by atoms with van der Waals surface area (Å²) in [5.41, 5.74) is 7.80. The Labute approximate surface area is 216 Å². The highest BCUT2D eigenvalue weighted by Crippen LogP contribution is 2.17. The summed E-state index contributed by atoms with van der Waals surface area (Å²) in [5.74, 6) is -0.856. The molecule has 190 valence electrons. The van der Waals surface area contributed by atoms with E-state index in [2.05, 4.69) is 5.32 Å². The molecule has 0 spiro atoms. The van der Waals surface area contributed by atoms with Gasteiger partial charge in [0.25, 0.3) is 11.8 Å². The van der Waals surface area contributed by atoms with Crippen LogP contribution in [0.15, 0.2) is 84.6 Å². The summed E-state index contributed by atoms with van der Waals surface area (Å²) in [7, 11) is 0. The van der Waals surface area contributed by atoms with Crippen molar-refractivity contribution in [3.05, 3.63) is 112 Å². The smallest absolute Gasteiger partial charge is 0.259 e. The number of pyridine rings is 1. The molecule has 0 saturated heterocycles. The van der Waals surface area contributed by atoms with Gasteiger partial charge in [0.2, 0.25) is 0 Å². The molecule has 0 aliphatic heterocycles. The highest BCUT2D eigenvalue weighted by Gasteiger charge is 2.12. The molecule has 1 amide bonds. The third-order valence-electron chi connectivity index (χ3n) is 5.10. The first kappa shape index (κ1) is 28.7. The third kappa shape index (κ3) is 9.24. The van der Waals surface area contributed by atoms with Crippen LogP contribution in [0.25, 0.3) is 0 Å². The lowest BCUT2D eigenvalue weighted by atomic mass is 10.0. The van der Waals surface area contributed by atoms with Crippen LogP contribution in [0.1, 0.15) is 46.9 Å². The van der Waals surface area contributed by atoms with Crippen LogP contribution in [0.5, 0.6) is 0 Å². The molecular weight excluding hydrogens is 479 g/mol. The van der Waals surface area contributed by atoms with E-state index in [0.29, 0.717) is 30.6 Å². The molecule has 3 aromatic rings. The summed E-state index contributed by atoms with van der Waals surface area (Å²) in [6.07, 6.45) is 6.61. The SMILES string of the molecule is CCCNC(=O)c1ccc(F)cc1Cl.N=c1ccccn1C(=O)/C(=C/CCCN)Cc1ccccc1. The van der Waals surface area contributed by atoms with Crippen LogP contribution in [0.3, 0.4) is 0 Å². The molecule has 0 saturated carbocycles. The third-order valence-corrected chi connectivity index (χ3v) is 5.41. The highest BCUT2D eigenvalue weighted by molar-refractivity contribution is 6.33. The lowest BCUT2D eigenvalue weighted by Crippen LogP contribution is -2.27. The zero-order valence-corrected chi connectivity index (χ0v) is 21.1. The fraction of sp³-hybridized carbons (Fsp3) is 0.250. The van der Waals surface area contributed by atoms with Crippen molar-refractivity contribution in [1.29, 1.82) is 5.41 Å². The Morgan fingerprint density at radius 2 is 1.83 bits per heavy atom. The van der Waals surface area contributed by atoms with Crippen LogP contribution >= 0.6 is 11.6 Å². The van der Waals surface area contributed by atoms with Crippen LogP contribution in [0, 0.1) is 11.2 Å². The van der Waals surface area contributed by atoms with Crippen molar-refractivity contribution in [1.82, 2.24) is 9.88 Å². The van der Waals surface area contributed by atoms with Crippen LogP contribution in [-0.4, -0.2) is 29.5 Å². The van der Waals surface area contributed by atoms with Crippen LogP contribution in [-0.2, 0) is 6.42 Å². The summed E-state index contributed by atoms with van der Waals surface area (Å²) < 4.78 is 14.0. The van der Waals surface area contributed by atoms with E-state index < -0.39 is 5.82 Å².